The van der Waals surface area contributed by atoms with Gasteiger partial charge in [-0.15, -0.1) is 0 Å². The Morgan fingerprint density at radius 2 is 1.81 bits per heavy atom. The standard InChI is InChI=1S/C16H10O5/c17-8-1-2-9-12(3-8)18-6-11-10-4-14-15(20-7-19-14)5-13(10)21-16(9)11/h1-6,16-17H,7H2/t16-/m0/s1. The quantitative estimate of drug-likeness (QED) is 0.805. The summed E-state index contributed by atoms with van der Waals surface area (Å²) in [5.74, 6) is 2.94. The largest absolute Gasteiger partial charge is 0.508 e. The molecule has 0 aliphatic carbocycles. The fourth-order valence-corrected chi connectivity index (χ4v) is 2.90. The molecule has 0 spiro atoms. The van der Waals surface area contributed by atoms with E-state index < -0.39 is 0 Å². The molecule has 1 N–H and O–H groups in total. The van der Waals surface area contributed by atoms with Crippen molar-refractivity contribution in [1.82, 2.24) is 0 Å². The van der Waals surface area contributed by atoms with E-state index in [0.717, 1.165) is 28.2 Å². The molecule has 104 valence electrons. The molecule has 0 unspecified atom stereocenters. The Hall–Kier alpha value is -2.82. The van der Waals surface area contributed by atoms with E-state index in [-0.39, 0.29) is 18.6 Å². The van der Waals surface area contributed by atoms with Crippen LogP contribution >= 0.6 is 0 Å². The smallest absolute Gasteiger partial charge is 0.231 e. The van der Waals surface area contributed by atoms with Crippen LogP contribution in [0.25, 0.3) is 5.57 Å². The van der Waals surface area contributed by atoms with Gasteiger partial charge in [0, 0.05) is 28.8 Å². The lowest BCUT2D eigenvalue weighted by atomic mass is 9.96. The summed E-state index contributed by atoms with van der Waals surface area (Å²) in [7, 11) is 0. The van der Waals surface area contributed by atoms with Crippen molar-refractivity contribution < 1.29 is 24.1 Å². The van der Waals surface area contributed by atoms with E-state index in [4.69, 9.17) is 18.9 Å². The molecule has 0 fully saturated rings. The minimum atomic E-state index is -0.230. The fourth-order valence-electron chi connectivity index (χ4n) is 2.90. The summed E-state index contributed by atoms with van der Waals surface area (Å²) >= 11 is 0. The summed E-state index contributed by atoms with van der Waals surface area (Å²) in [6.07, 6.45) is 1.44. The van der Waals surface area contributed by atoms with Crippen molar-refractivity contribution >= 4 is 5.57 Å². The number of phenols is 1. The molecule has 5 rings (SSSR count). The molecule has 0 saturated carbocycles. The van der Waals surface area contributed by atoms with Crippen LogP contribution in [0.5, 0.6) is 28.7 Å². The molecule has 1 atom stereocenters. The molecule has 3 aliphatic rings. The molecule has 0 aromatic heterocycles. The van der Waals surface area contributed by atoms with E-state index >= 15 is 0 Å². The normalized spacial score (nSPS) is 19.8. The second-order valence-electron chi connectivity index (χ2n) is 5.11. The van der Waals surface area contributed by atoms with E-state index in [1.165, 1.54) is 0 Å². The Labute approximate surface area is 119 Å². The van der Waals surface area contributed by atoms with Gasteiger partial charge < -0.3 is 24.1 Å². The zero-order valence-corrected chi connectivity index (χ0v) is 10.8. The van der Waals surface area contributed by atoms with E-state index in [0.29, 0.717) is 11.5 Å². The number of rotatable bonds is 0. The Kier molecular flexibility index (Phi) is 1.89. The number of benzene rings is 2. The molecule has 0 amide bonds. The molecular weight excluding hydrogens is 272 g/mol. The van der Waals surface area contributed by atoms with Gasteiger partial charge in [-0.3, -0.25) is 0 Å². The van der Waals surface area contributed by atoms with Crippen molar-refractivity contribution in [3.63, 3.8) is 0 Å². The van der Waals surface area contributed by atoms with Crippen molar-refractivity contribution in [2.75, 3.05) is 6.79 Å². The van der Waals surface area contributed by atoms with Crippen molar-refractivity contribution in [3.8, 4) is 28.7 Å². The average Bonchev–Trinajstić information content (AvgIpc) is 3.07. The van der Waals surface area contributed by atoms with Crippen molar-refractivity contribution in [3.05, 3.63) is 47.7 Å². The maximum Gasteiger partial charge on any atom is 0.231 e. The van der Waals surface area contributed by atoms with Gasteiger partial charge in [0.15, 0.2) is 17.6 Å². The highest BCUT2D eigenvalue weighted by Gasteiger charge is 2.37. The number of hydrogen-bond donors (Lipinski definition) is 1. The third-order valence-electron chi connectivity index (χ3n) is 3.91. The molecule has 0 saturated heterocycles. The maximum absolute atomic E-state index is 9.54. The summed E-state index contributed by atoms with van der Waals surface area (Å²) < 4.78 is 22.4. The fraction of sp³-hybridized carbons (Fsp3) is 0.125. The molecule has 5 heteroatoms. The second-order valence-corrected chi connectivity index (χ2v) is 5.11. The first-order valence-electron chi connectivity index (χ1n) is 6.60. The van der Waals surface area contributed by atoms with Crippen LogP contribution in [0.4, 0.5) is 0 Å². The Morgan fingerprint density at radius 1 is 0.952 bits per heavy atom. The summed E-state index contributed by atoms with van der Waals surface area (Å²) in [4.78, 5) is 0. The van der Waals surface area contributed by atoms with Gasteiger partial charge in [0.1, 0.15) is 17.2 Å². The number of fused-ring (bicyclic) bond motifs is 6. The minimum Gasteiger partial charge on any atom is -0.508 e. The van der Waals surface area contributed by atoms with Crippen molar-refractivity contribution in [1.29, 1.82) is 0 Å². The molecular formula is C16H10O5. The average molecular weight is 282 g/mol. The minimum absolute atomic E-state index is 0.168. The molecule has 0 radical (unpaired) electrons. The zero-order valence-electron chi connectivity index (χ0n) is 10.8. The van der Waals surface area contributed by atoms with Crippen LogP contribution in [-0.2, 0) is 0 Å². The number of hydrogen-bond acceptors (Lipinski definition) is 5. The number of aromatic hydroxyl groups is 1. The maximum atomic E-state index is 9.54. The first-order valence-corrected chi connectivity index (χ1v) is 6.60. The summed E-state index contributed by atoms with van der Waals surface area (Å²) in [5, 5.41) is 9.54. The van der Waals surface area contributed by atoms with E-state index in [1.807, 2.05) is 18.2 Å². The van der Waals surface area contributed by atoms with Gasteiger partial charge in [-0.05, 0) is 18.2 Å². The Balaban J connectivity index is 1.65. The predicted octanol–water partition coefficient (Wildman–Crippen LogP) is 2.99. The van der Waals surface area contributed by atoms with Crippen LogP contribution in [-0.4, -0.2) is 11.9 Å². The van der Waals surface area contributed by atoms with Crippen molar-refractivity contribution in [2.45, 2.75) is 6.10 Å². The number of ether oxygens (including phenoxy) is 4. The molecule has 2 aromatic carbocycles. The zero-order chi connectivity index (χ0) is 14.0. The van der Waals surface area contributed by atoms with Crippen LogP contribution < -0.4 is 18.9 Å². The van der Waals surface area contributed by atoms with Gasteiger partial charge in [0.05, 0.1) is 6.26 Å². The Bertz CT molecular complexity index is 809. The molecule has 3 aliphatic heterocycles. The summed E-state index contributed by atoms with van der Waals surface area (Å²) in [6.45, 7) is 0.235. The number of phenolic OH excluding ortho intramolecular Hbond substituents is 1. The van der Waals surface area contributed by atoms with Crippen molar-refractivity contribution in [2.24, 2.45) is 0 Å². The summed E-state index contributed by atoms with van der Waals surface area (Å²) in [5.41, 5.74) is 2.79. The first-order chi connectivity index (χ1) is 10.3. The van der Waals surface area contributed by atoms with Crippen LogP contribution in [0.3, 0.4) is 0 Å². The summed E-state index contributed by atoms with van der Waals surface area (Å²) in [6, 6.07) is 8.79. The second kappa shape index (κ2) is 3.63. The Morgan fingerprint density at radius 3 is 2.71 bits per heavy atom. The third-order valence-corrected chi connectivity index (χ3v) is 3.91. The third kappa shape index (κ3) is 1.40. The first kappa shape index (κ1) is 10.9. The molecule has 21 heavy (non-hydrogen) atoms. The van der Waals surface area contributed by atoms with E-state index in [1.54, 1.807) is 18.4 Å². The van der Waals surface area contributed by atoms with Gasteiger partial charge >= 0.3 is 0 Å². The van der Waals surface area contributed by atoms with E-state index in [9.17, 15) is 5.11 Å². The monoisotopic (exact) mass is 282 g/mol. The SMILES string of the molecule is Oc1ccc2c(c1)OC=C1c3cc4c(cc3O[C@H]12)OCO4. The predicted molar refractivity (Wildman–Crippen MR) is 72.6 cm³/mol. The molecule has 0 bridgehead atoms. The molecule has 3 heterocycles. The highest BCUT2D eigenvalue weighted by atomic mass is 16.7. The van der Waals surface area contributed by atoms with Crippen LogP contribution in [0, 0.1) is 0 Å². The van der Waals surface area contributed by atoms with Gasteiger partial charge in [0.2, 0.25) is 6.79 Å². The van der Waals surface area contributed by atoms with E-state index in [2.05, 4.69) is 0 Å². The lowest BCUT2D eigenvalue weighted by molar-refractivity contribution is 0.173. The molecule has 5 nitrogen and oxygen atoms in total. The van der Waals surface area contributed by atoms with Crippen LogP contribution in [0.2, 0.25) is 0 Å². The highest BCUT2D eigenvalue weighted by Crippen LogP contribution is 2.53. The van der Waals surface area contributed by atoms with Gasteiger partial charge in [-0.25, -0.2) is 0 Å². The van der Waals surface area contributed by atoms with Gasteiger partial charge in [-0.2, -0.15) is 0 Å². The van der Waals surface area contributed by atoms with Crippen LogP contribution in [0.15, 0.2) is 36.6 Å². The van der Waals surface area contributed by atoms with Gasteiger partial charge in [0.25, 0.3) is 0 Å². The lowest BCUT2D eigenvalue weighted by Crippen LogP contribution is -2.09. The topological polar surface area (TPSA) is 57.2 Å². The lowest BCUT2D eigenvalue weighted by Gasteiger charge is -2.21. The molecule has 2 aromatic rings. The highest BCUT2D eigenvalue weighted by molar-refractivity contribution is 5.82. The van der Waals surface area contributed by atoms with Gasteiger partial charge in [-0.1, -0.05) is 0 Å². The van der Waals surface area contributed by atoms with Crippen LogP contribution in [0.1, 0.15) is 17.2 Å².